The molecule has 0 aromatic heterocycles. The van der Waals surface area contributed by atoms with Crippen molar-refractivity contribution >= 4 is 11.6 Å². The van der Waals surface area contributed by atoms with Crippen molar-refractivity contribution in [1.82, 2.24) is 0 Å². The lowest BCUT2D eigenvalue weighted by atomic mass is 10.1. The molecule has 0 rings (SSSR count). The summed E-state index contributed by atoms with van der Waals surface area (Å²) >= 11 is 5.48. The molecule has 1 atom stereocenters. The van der Waals surface area contributed by atoms with E-state index >= 15 is 0 Å². The number of hydrogen-bond acceptors (Lipinski definition) is 1. The van der Waals surface area contributed by atoms with Crippen molar-refractivity contribution in [1.29, 1.82) is 0 Å². The zero-order valence-corrected chi connectivity index (χ0v) is 9.84. The van der Waals surface area contributed by atoms with Crippen molar-refractivity contribution < 1.29 is 22.8 Å². The summed E-state index contributed by atoms with van der Waals surface area (Å²) < 4.78 is 0. The average Bonchev–Trinajstić information content (AvgIpc) is 2.14. The molecule has 0 radical (unpaired) electrons. The van der Waals surface area contributed by atoms with Gasteiger partial charge in [-0.15, -0.1) is 24.8 Å². The summed E-state index contributed by atoms with van der Waals surface area (Å²) in [6, 6.07) is 0.438. The molecule has 0 bridgehead atoms. The molecule has 1 unspecified atom stereocenters. The number of quaternary nitrogens is 1. The topological polar surface area (TPSA) is 36.8 Å². The van der Waals surface area contributed by atoms with Crippen LogP contribution in [0, 0.1) is 0 Å². The minimum absolute atomic E-state index is 0. The van der Waals surface area contributed by atoms with Gasteiger partial charge < -0.3 is 22.8 Å². The van der Waals surface area contributed by atoms with Crippen LogP contribution in [0.25, 0.3) is 0 Å². The second-order valence-electron chi connectivity index (χ2n) is 3.09. The molecule has 0 spiro atoms. The summed E-state index contributed by atoms with van der Waals surface area (Å²) in [5, 5.41) is 11.3. The van der Waals surface area contributed by atoms with Gasteiger partial charge in [0.25, 0.3) is 0 Å². The number of hydrogen-bond donors (Lipinski definition) is 2. The predicted octanol–water partition coefficient (Wildman–Crippen LogP) is -2.33. The lowest BCUT2D eigenvalue weighted by Gasteiger charge is -2.13. The Morgan fingerprint density at radius 2 is 1.79 bits per heavy atom. The maximum absolute atomic E-state index is 9.23. The number of alkyl halides is 1. The van der Waals surface area contributed by atoms with Crippen LogP contribution in [-0.2, 0) is 0 Å². The van der Waals surface area contributed by atoms with Crippen LogP contribution in [0.5, 0.6) is 0 Å². The van der Waals surface area contributed by atoms with E-state index in [1.165, 1.54) is 0 Å². The summed E-state index contributed by atoms with van der Waals surface area (Å²) in [5.74, 6) is 0.297. The van der Waals surface area contributed by atoms with Crippen molar-refractivity contribution in [3.63, 3.8) is 0 Å². The fraction of sp³-hybridized carbons (Fsp3) is 0.600. The molecule has 0 aromatic carbocycles. The van der Waals surface area contributed by atoms with Crippen LogP contribution in [0.3, 0.4) is 0 Å². The van der Waals surface area contributed by atoms with Gasteiger partial charge in [0.05, 0.1) is 11.9 Å². The molecule has 3 N–H and O–H groups in total. The summed E-state index contributed by atoms with van der Waals surface area (Å²) in [4.78, 5) is 0. The van der Waals surface area contributed by atoms with Crippen LogP contribution < -0.4 is 17.7 Å². The van der Waals surface area contributed by atoms with Crippen molar-refractivity contribution in [2.45, 2.75) is 25.0 Å². The van der Waals surface area contributed by atoms with Gasteiger partial charge in [-0.05, 0) is 0 Å². The van der Waals surface area contributed by atoms with Gasteiger partial charge in [-0.1, -0.05) is 12.2 Å². The first-order chi connectivity index (χ1) is 6.24. The van der Waals surface area contributed by atoms with E-state index in [-0.39, 0.29) is 12.4 Å². The maximum Gasteiger partial charge on any atom is 0.116 e. The standard InChI is InChI=1S/C10H18ClNO.ClH/c1-3-5-9(6-4-2)12-8-10(13)7-11;/h3-4,9-10,12-13H,1-2,5-8H2;1H. The Bertz CT molecular complexity index is 143. The molecule has 0 aliphatic carbocycles. The van der Waals surface area contributed by atoms with Gasteiger partial charge in [0.15, 0.2) is 0 Å². The van der Waals surface area contributed by atoms with Gasteiger partial charge in [-0.2, -0.15) is 0 Å². The van der Waals surface area contributed by atoms with E-state index in [0.29, 0.717) is 18.5 Å². The normalized spacial score (nSPS) is 11.9. The summed E-state index contributed by atoms with van der Waals surface area (Å²) in [5.41, 5.74) is 0. The minimum atomic E-state index is -0.418. The van der Waals surface area contributed by atoms with Crippen LogP contribution in [0.2, 0.25) is 0 Å². The van der Waals surface area contributed by atoms with Crippen molar-refractivity contribution in [2.75, 3.05) is 12.4 Å². The Labute approximate surface area is 97.4 Å². The Morgan fingerprint density at radius 1 is 1.29 bits per heavy atom. The van der Waals surface area contributed by atoms with Crippen molar-refractivity contribution in [3.05, 3.63) is 25.3 Å². The molecule has 0 aliphatic rings. The number of halogens is 2. The summed E-state index contributed by atoms with van der Waals surface area (Å²) in [6.07, 6.45) is 5.22. The monoisotopic (exact) mass is 239 g/mol. The quantitative estimate of drug-likeness (QED) is 0.362. The number of aliphatic hydroxyl groups is 1. The lowest BCUT2D eigenvalue weighted by Crippen LogP contribution is -3.00. The van der Waals surface area contributed by atoms with Crippen molar-refractivity contribution in [2.24, 2.45) is 0 Å². The van der Waals surface area contributed by atoms with E-state index in [2.05, 4.69) is 18.5 Å². The van der Waals surface area contributed by atoms with Crippen LogP contribution in [-0.4, -0.2) is 29.7 Å². The smallest absolute Gasteiger partial charge is 0.116 e. The van der Waals surface area contributed by atoms with E-state index in [9.17, 15) is 5.11 Å². The third-order valence-electron chi connectivity index (χ3n) is 1.86. The van der Waals surface area contributed by atoms with E-state index in [1.807, 2.05) is 12.2 Å². The summed E-state index contributed by atoms with van der Waals surface area (Å²) in [6.45, 7) is 8.02. The molecule has 2 nitrogen and oxygen atoms in total. The lowest BCUT2D eigenvalue weighted by molar-refractivity contribution is -0.693. The Morgan fingerprint density at radius 3 is 2.14 bits per heavy atom. The number of nitrogens with two attached hydrogens (primary N) is 1. The van der Waals surface area contributed by atoms with Gasteiger partial charge in [-0.3, -0.25) is 0 Å². The Kier molecular flexibility index (Phi) is 13.0. The Balaban J connectivity index is 0. The SMILES string of the molecule is C=CCC(CC=C)[NH2+]CC(O)CCl.[Cl-]. The van der Waals surface area contributed by atoms with Gasteiger partial charge >= 0.3 is 0 Å². The highest BCUT2D eigenvalue weighted by atomic mass is 35.5. The van der Waals surface area contributed by atoms with Gasteiger partial charge in [0.1, 0.15) is 12.6 Å². The molecular formula is C10H19Cl2NO. The molecule has 0 heterocycles. The van der Waals surface area contributed by atoms with E-state index < -0.39 is 6.10 Å². The van der Waals surface area contributed by atoms with Gasteiger partial charge in [-0.25, -0.2) is 0 Å². The van der Waals surface area contributed by atoms with Crippen molar-refractivity contribution in [3.8, 4) is 0 Å². The third-order valence-corrected chi connectivity index (χ3v) is 2.21. The van der Waals surface area contributed by atoms with E-state index in [4.69, 9.17) is 11.6 Å². The maximum atomic E-state index is 9.23. The third kappa shape index (κ3) is 8.57. The fourth-order valence-electron chi connectivity index (χ4n) is 1.13. The van der Waals surface area contributed by atoms with Crippen LogP contribution in [0.1, 0.15) is 12.8 Å². The highest BCUT2D eigenvalue weighted by molar-refractivity contribution is 6.18. The summed E-state index contributed by atoms with van der Waals surface area (Å²) in [7, 11) is 0. The molecule has 14 heavy (non-hydrogen) atoms. The molecule has 0 aliphatic heterocycles. The van der Waals surface area contributed by atoms with Crippen LogP contribution in [0.15, 0.2) is 25.3 Å². The van der Waals surface area contributed by atoms with E-state index in [0.717, 1.165) is 12.8 Å². The molecule has 84 valence electrons. The second-order valence-corrected chi connectivity index (χ2v) is 3.40. The molecule has 0 amide bonds. The molecule has 0 aromatic rings. The van der Waals surface area contributed by atoms with Gasteiger partial charge in [0.2, 0.25) is 0 Å². The fourth-order valence-corrected chi connectivity index (χ4v) is 1.26. The minimum Gasteiger partial charge on any atom is -1.00 e. The average molecular weight is 240 g/mol. The Hall–Kier alpha value is -0.0200. The molecular weight excluding hydrogens is 221 g/mol. The highest BCUT2D eigenvalue weighted by Gasteiger charge is 2.10. The molecule has 0 saturated carbocycles. The number of aliphatic hydroxyl groups excluding tert-OH is 1. The number of rotatable bonds is 8. The second kappa shape index (κ2) is 11.1. The van der Waals surface area contributed by atoms with Crippen LogP contribution in [0.4, 0.5) is 0 Å². The van der Waals surface area contributed by atoms with E-state index in [1.54, 1.807) is 0 Å². The molecule has 0 saturated heterocycles. The first-order valence-electron chi connectivity index (χ1n) is 4.53. The van der Waals surface area contributed by atoms with Gasteiger partial charge in [0, 0.05) is 12.8 Å². The first-order valence-corrected chi connectivity index (χ1v) is 5.07. The first kappa shape index (κ1) is 16.4. The molecule has 4 heteroatoms. The zero-order chi connectivity index (χ0) is 10.1. The highest BCUT2D eigenvalue weighted by Crippen LogP contribution is 1.94. The van der Waals surface area contributed by atoms with Crippen LogP contribution >= 0.6 is 11.6 Å². The molecule has 0 fully saturated rings. The zero-order valence-electron chi connectivity index (χ0n) is 8.33. The predicted molar refractivity (Wildman–Crippen MR) is 56.9 cm³/mol. The largest absolute Gasteiger partial charge is 1.00 e.